The van der Waals surface area contributed by atoms with Gasteiger partial charge in [0.25, 0.3) is 5.91 Å². The summed E-state index contributed by atoms with van der Waals surface area (Å²) < 4.78 is 12.7. The van der Waals surface area contributed by atoms with E-state index in [0.717, 1.165) is 22.7 Å². The number of rotatable bonds is 7. The minimum atomic E-state index is -1.02. The van der Waals surface area contributed by atoms with E-state index in [1.165, 1.54) is 13.0 Å². The molecule has 7 nitrogen and oxygen atoms in total. The van der Waals surface area contributed by atoms with Crippen molar-refractivity contribution in [1.82, 2.24) is 4.57 Å². The number of nitrogens with one attached hydrogen (secondary N) is 1. The highest BCUT2D eigenvalue weighted by atomic mass is 16.5. The second-order valence-corrected chi connectivity index (χ2v) is 7.05. The molecule has 0 saturated carbocycles. The number of hydrogen-bond donors (Lipinski definition) is 1. The lowest BCUT2D eigenvalue weighted by Gasteiger charge is -2.13. The van der Waals surface area contributed by atoms with Crippen molar-refractivity contribution in [2.45, 2.75) is 33.4 Å². The topological polar surface area (TPSA) is 97.3 Å². The fourth-order valence-corrected chi connectivity index (χ4v) is 3.15. The third kappa shape index (κ3) is 5.31. The first-order valence-electron chi connectivity index (χ1n) is 9.77. The lowest BCUT2D eigenvalue weighted by Crippen LogP contribution is -2.29. The van der Waals surface area contributed by atoms with Gasteiger partial charge in [-0.05, 0) is 62.7 Å². The van der Waals surface area contributed by atoms with Gasteiger partial charge < -0.3 is 19.0 Å². The van der Waals surface area contributed by atoms with Gasteiger partial charge in [-0.1, -0.05) is 12.1 Å². The van der Waals surface area contributed by atoms with Gasteiger partial charge in [-0.2, -0.15) is 5.26 Å². The molecular weight excluding hydrogens is 394 g/mol. The highest BCUT2D eigenvalue weighted by Gasteiger charge is 2.18. The molecule has 7 heteroatoms. The molecule has 0 saturated heterocycles. The van der Waals surface area contributed by atoms with E-state index in [1.54, 1.807) is 36.6 Å². The van der Waals surface area contributed by atoms with Crippen molar-refractivity contribution in [2.75, 3.05) is 5.32 Å². The predicted molar refractivity (Wildman–Crippen MR) is 116 cm³/mol. The monoisotopic (exact) mass is 417 g/mol. The molecule has 0 spiro atoms. The van der Waals surface area contributed by atoms with Crippen LogP contribution in [0.4, 0.5) is 5.69 Å². The zero-order valence-corrected chi connectivity index (χ0v) is 17.6. The first-order valence-corrected chi connectivity index (χ1v) is 9.77. The number of anilines is 1. The summed E-state index contributed by atoms with van der Waals surface area (Å²) in [4.78, 5) is 24.5. The molecule has 0 aliphatic rings. The van der Waals surface area contributed by atoms with Crippen molar-refractivity contribution in [3.8, 4) is 6.07 Å². The predicted octanol–water partition coefficient (Wildman–Crippen LogP) is 4.20. The maximum atomic E-state index is 12.3. The summed E-state index contributed by atoms with van der Waals surface area (Å²) >= 11 is 0. The average Bonchev–Trinajstić information content (AvgIpc) is 3.36. The number of aromatic nitrogens is 1. The van der Waals surface area contributed by atoms with Crippen LogP contribution in [-0.4, -0.2) is 22.5 Å². The molecule has 3 aromatic rings. The summed E-state index contributed by atoms with van der Waals surface area (Å²) in [7, 11) is 0. The highest BCUT2D eigenvalue weighted by Crippen LogP contribution is 2.19. The van der Waals surface area contributed by atoms with Gasteiger partial charge in [0.1, 0.15) is 11.8 Å². The standard InChI is InChI=1S/C24H23N3O4/c1-16-13-19(17(2)27(16)15-21-8-6-12-30-21)10-11-23(28)31-18(3)24(29)26-22-9-5-4-7-20(22)14-25/h4-13,18H,15H2,1-3H3,(H,26,29)/b11-10+/t18-/m0/s1. The number of furan rings is 1. The molecule has 0 radical (unpaired) electrons. The van der Waals surface area contributed by atoms with Crippen molar-refractivity contribution in [3.05, 3.63) is 83.1 Å². The van der Waals surface area contributed by atoms with Crippen LogP contribution in [0.5, 0.6) is 0 Å². The SMILES string of the molecule is Cc1cc(/C=C/C(=O)O[C@@H](C)C(=O)Nc2ccccc2C#N)c(C)n1Cc1ccco1. The maximum Gasteiger partial charge on any atom is 0.331 e. The molecule has 0 fully saturated rings. The van der Waals surface area contributed by atoms with Gasteiger partial charge in [-0.25, -0.2) is 4.79 Å². The molecular formula is C24H23N3O4. The summed E-state index contributed by atoms with van der Waals surface area (Å²) in [6.45, 7) is 6.02. The second-order valence-electron chi connectivity index (χ2n) is 7.05. The molecule has 31 heavy (non-hydrogen) atoms. The molecule has 0 aliphatic carbocycles. The van der Waals surface area contributed by atoms with Crippen LogP contribution in [0.2, 0.25) is 0 Å². The normalized spacial score (nSPS) is 11.8. The van der Waals surface area contributed by atoms with Crippen molar-refractivity contribution in [3.63, 3.8) is 0 Å². The summed E-state index contributed by atoms with van der Waals surface area (Å²) in [6.07, 6.45) is 3.58. The third-order valence-electron chi connectivity index (χ3n) is 4.87. The molecule has 3 rings (SSSR count). The number of aryl methyl sites for hydroxylation is 1. The molecule has 2 aromatic heterocycles. The number of ether oxygens (including phenoxy) is 1. The Balaban J connectivity index is 1.61. The molecule has 158 valence electrons. The van der Waals surface area contributed by atoms with Gasteiger partial charge in [0, 0.05) is 17.5 Å². The van der Waals surface area contributed by atoms with Gasteiger partial charge >= 0.3 is 5.97 Å². The number of carbonyl (C=O) groups excluding carboxylic acids is 2. The van der Waals surface area contributed by atoms with Gasteiger partial charge in [0.15, 0.2) is 6.10 Å². The summed E-state index contributed by atoms with van der Waals surface area (Å²) in [5, 5.41) is 11.7. The van der Waals surface area contributed by atoms with Crippen LogP contribution in [-0.2, 0) is 20.9 Å². The molecule has 2 heterocycles. The summed E-state index contributed by atoms with van der Waals surface area (Å²) in [5.74, 6) is -0.303. The van der Waals surface area contributed by atoms with E-state index in [1.807, 2.05) is 38.1 Å². The molecule has 0 unspecified atom stereocenters. The Morgan fingerprint density at radius 3 is 2.74 bits per heavy atom. The van der Waals surface area contributed by atoms with Gasteiger partial charge in [-0.15, -0.1) is 0 Å². The second kappa shape index (κ2) is 9.63. The largest absolute Gasteiger partial charge is 0.467 e. The minimum Gasteiger partial charge on any atom is -0.467 e. The molecule has 1 N–H and O–H groups in total. The van der Waals surface area contributed by atoms with E-state index in [4.69, 9.17) is 14.4 Å². The number of carbonyl (C=O) groups is 2. The van der Waals surface area contributed by atoms with Crippen LogP contribution in [0.15, 0.2) is 59.2 Å². The Morgan fingerprint density at radius 2 is 2.03 bits per heavy atom. The smallest absolute Gasteiger partial charge is 0.331 e. The number of amides is 1. The fourth-order valence-electron chi connectivity index (χ4n) is 3.15. The van der Waals surface area contributed by atoms with Gasteiger partial charge in [0.2, 0.25) is 0 Å². The highest BCUT2D eigenvalue weighted by molar-refractivity contribution is 5.97. The molecule has 0 aliphatic heterocycles. The molecule has 1 aromatic carbocycles. The van der Waals surface area contributed by atoms with E-state index in [9.17, 15) is 9.59 Å². The molecule has 0 bridgehead atoms. The van der Waals surface area contributed by atoms with E-state index >= 15 is 0 Å². The van der Waals surface area contributed by atoms with E-state index in [0.29, 0.717) is 17.8 Å². The number of nitriles is 1. The van der Waals surface area contributed by atoms with Crippen LogP contribution in [0.3, 0.4) is 0 Å². The van der Waals surface area contributed by atoms with Crippen LogP contribution in [0, 0.1) is 25.2 Å². The van der Waals surface area contributed by atoms with Crippen molar-refractivity contribution in [1.29, 1.82) is 5.26 Å². The lowest BCUT2D eigenvalue weighted by atomic mass is 10.2. The van der Waals surface area contributed by atoms with Crippen molar-refractivity contribution < 1.29 is 18.7 Å². The van der Waals surface area contributed by atoms with Crippen LogP contribution in [0.1, 0.15) is 35.2 Å². The van der Waals surface area contributed by atoms with Crippen LogP contribution >= 0.6 is 0 Å². The Morgan fingerprint density at radius 1 is 1.26 bits per heavy atom. The van der Waals surface area contributed by atoms with Crippen molar-refractivity contribution >= 4 is 23.6 Å². The first-order chi connectivity index (χ1) is 14.9. The zero-order valence-electron chi connectivity index (χ0n) is 17.6. The van der Waals surface area contributed by atoms with E-state index in [-0.39, 0.29) is 0 Å². The summed E-state index contributed by atoms with van der Waals surface area (Å²) in [5.41, 5.74) is 3.60. The minimum absolute atomic E-state index is 0.333. The Hall–Kier alpha value is -4.05. The fraction of sp³-hybridized carbons (Fsp3) is 0.208. The van der Waals surface area contributed by atoms with E-state index in [2.05, 4.69) is 9.88 Å². The first kappa shape index (κ1) is 21.7. The van der Waals surface area contributed by atoms with Crippen molar-refractivity contribution in [2.24, 2.45) is 0 Å². The average molecular weight is 417 g/mol. The Bertz CT molecular complexity index is 1150. The molecule has 1 amide bonds. The number of esters is 1. The number of nitrogens with zero attached hydrogens (tertiary/aromatic N) is 2. The van der Waals surface area contributed by atoms with Gasteiger partial charge in [-0.3, -0.25) is 4.79 Å². The summed E-state index contributed by atoms with van der Waals surface area (Å²) in [6, 6.07) is 14.3. The maximum absolute atomic E-state index is 12.3. The van der Waals surface area contributed by atoms with E-state index < -0.39 is 18.0 Å². The van der Waals surface area contributed by atoms with Crippen LogP contribution < -0.4 is 5.32 Å². The Labute approximate surface area is 180 Å². The third-order valence-corrected chi connectivity index (χ3v) is 4.87. The Kier molecular flexibility index (Phi) is 6.73. The van der Waals surface area contributed by atoms with Crippen LogP contribution in [0.25, 0.3) is 6.08 Å². The molecule has 1 atom stereocenters. The number of para-hydroxylation sites is 1. The zero-order chi connectivity index (χ0) is 22.4. The quantitative estimate of drug-likeness (QED) is 0.459. The lowest BCUT2D eigenvalue weighted by molar-refractivity contribution is -0.148. The number of hydrogen-bond acceptors (Lipinski definition) is 5. The number of benzene rings is 1. The van der Waals surface area contributed by atoms with Gasteiger partial charge in [0.05, 0.1) is 24.1 Å².